The molecular weight excluding hydrogens is 400 g/mol. The van der Waals surface area contributed by atoms with Gasteiger partial charge in [-0.3, -0.25) is 9.59 Å². The fraction of sp³-hybridized carbons (Fsp3) is 0.238. The van der Waals surface area contributed by atoms with E-state index in [-0.39, 0.29) is 11.9 Å². The first-order valence-electron chi connectivity index (χ1n) is 9.44. The Morgan fingerprint density at radius 3 is 2.80 bits per heavy atom. The Hall–Kier alpha value is -3.30. The molecule has 9 heteroatoms. The molecule has 4 rings (SSSR count). The van der Waals surface area contributed by atoms with Gasteiger partial charge in [-0.1, -0.05) is 17.4 Å². The zero-order valence-electron chi connectivity index (χ0n) is 17.0. The summed E-state index contributed by atoms with van der Waals surface area (Å²) < 4.78 is 2.82. The number of fused-ring (bicyclic) bond motifs is 2. The topological polar surface area (TPSA) is 114 Å². The summed E-state index contributed by atoms with van der Waals surface area (Å²) in [6, 6.07) is 9.70. The van der Waals surface area contributed by atoms with Gasteiger partial charge in [0, 0.05) is 25.0 Å². The van der Waals surface area contributed by atoms with E-state index in [1.54, 1.807) is 28.9 Å². The molecule has 4 N–H and O–H groups in total. The zero-order chi connectivity index (χ0) is 21.7. The van der Waals surface area contributed by atoms with E-state index in [0.717, 1.165) is 16.8 Å². The van der Waals surface area contributed by atoms with Crippen LogP contribution in [0.3, 0.4) is 0 Å². The molecule has 4 aromatic rings. The van der Waals surface area contributed by atoms with Gasteiger partial charge >= 0.3 is 0 Å². The highest BCUT2D eigenvalue weighted by molar-refractivity contribution is 7.22. The number of nitrogens with one attached hydrogen (secondary N) is 2. The SMILES string of the molecule is CC(C)NC(=O)c1cccn2cc(C=O)nc12.CNCc1ccc2nc(N)sc2c1. The first-order chi connectivity index (χ1) is 14.4. The van der Waals surface area contributed by atoms with Gasteiger partial charge in [0.05, 0.1) is 15.8 Å². The molecule has 1 aromatic carbocycles. The summed E-state index contributed by atoms with van der Waals surface area (Å²) in [7, 11) is 1.94. The van der Waals surface area contributed by atoms with Crippen molar-refractivity contribution in [2.45, 2.75) is 26.4 Å². The summed E-state index contributed by atoms with van der Waals surface area (Å²) in [5.74, 6) is -0.186. The minimum Gasteiger partial charge on any atom is -0.375 e. The Bertz CT molecular complexity index is 1180. The number of anilines is 1. The maximum atomic E-state index is 11.9. The molecule has 0 radical (unpaired) electrons. The lowest BCUT2D eigenvalue weighted by Gasteiger charge is -2.08. The summed E-state index contributed by atoms with van der Waals surface area (Å²) in [5.41, 5.74) is 9.13. The van der Waals surface area contributed by atoms with E-state index in [0.29, 0.717) is 28.3 Å². The molecule has 0 aliphatic rings. The Morgan fingerprint density at radius 2 is 2.10 bits per heavy atom. The van der Waals surface area contributed by atoms with Crippen molar-refractivity contribution in [1.29, 1.82) is 0 Å². The van der Waals surface area contributed by atoms with Crippen molar-refractivity contribution >= 4 is 44.5 Å². The predicted molar refractivity (Wildman–Crippen MR) is 120 cm³/mol. The van der Waals surface area contributed by atoms with Gasteiger partial charge in [0.2, 0.25) is 0 Å². The molecule has 8 nitrogen and oxygen atoms in total. The normalized spacial score (nSPS) is 10.8. The van der Waals surface area contributed by atoms with Crippen LogP contribution in [0.2, 0.25) is 0 Å². The van der Waals surface area contributed by atoms with Crippen LogP contribution in [0.15, 0.2) is 42.7 Å². The summed E-state index contributed by atoms with van der Waals surface area (Å²) in [4.78, 5) is 30.9. The van der Waals surface area contributed by atoms with Crippen molar-refractivity contribution in [3.63, 3.8) is 0 Å². The number of pyridine rings is 1. The maximum Gasteiger partial charge on any atom is 0.255 e. The zero-order valence-corrected chi connectivity index (χ0v) is 17.9. The fourth-order valence-electron chi connectivity index (χ4n) is 2.91. The van der Waals surface area contributed by atoms with Gasteiger partial charge < -0.3 is 20.8 Å². The average molecular weight is 425 g/mol. The van der Waals surface area contributed by atoms with Crippen molar-refractivity contribution < 1.29 is 9.59 Å². The average Bonchev–Trinajstić information content (AvgIpc) is 3.29. The second kappa shape index (κ2) is 9.47. The number of aldehydes is 1. The lowest BCUT2D eigenvalue weighted by atomic mass is 10.2. The summed E-state index contributed by atoms with van der Waals surface area (Å²) in [6.07, 6.45) is 4.01. The third kappa shape index (κ3) is 5.00. The molecule has 0 bridgehead atoms. The predicted octanol–water partition coefficient (Wildman–Crippen LogP) is 2.88. The number of rotatable bonds is 5. The standard InChI is InChI=1S/C12H13N3O2.C9H11N3S/c1-8(2)13-12(17)10-4-3-5-15-6-9(7-16)14-11(10)15;1-11-5-6-2-3-7-8(4-6)13-9(10)12-7/h3-8H,1-2H3,(H,13,17);2-4,11H,5H2,1H3,(H2,10,12). The van der Waals surface area contributed by atoms with Crippen molar-refractivity contribution in [2.75, 3.05) is 12.8 Å². The number of thiazole rings is 1. The Labute approximate surface area is 178 Å². The molecule has 0 atom stereocenters. The quantitative estimate of drug-likeness (QED) is 0.425. The molecule has 0 spiro atoms. The van der Waals surface area contributed by atoms with Gasteiger partial charge in [0.25, 0.3) is 5.91 Å². The van der Waals surface area contributed by atoms with E-state index in [2.05, 4.69) is 32.7 Å². The molecule has 30 heavy (non-hydrogen) atoms. The Balaban J connectivity index is 0.000000177. The molecule has 0 aliphatic heterocycles. The van der Waals surface area contributed by atoms with E-state index in [9.17, 15) is 9.59 Å². The molecule has 0 saturated carbocycles. The van der Waals surface area contributed by atoms with Gasteiger partial charge in [0.1, 0.15) is 11.3 Å². The first-order valence-corrected chi connectivity index (χ1v) is 10.3. The number of amides is 1. The van der Waals surface area contributed by atoms with Crippen LogP contribution in [0.25, 0.3) is 15.9 Å². The Kier molecular flexibility index (Phi) is 6.76. The number of nitrogens with two attached hydrogens (primary N) is 1. The van der Waals surface area contributed by atoms with E-state index in [4.69, 9.17) is 5.73 Å². The highest BCUT2D eigenvalue weighted by Crippen LogP contribution is 2.24. The Morgan fingerprint density at radius 1 is 1.30 bits per heavy atom. The fourth-order valence-corrected chi connectivity index (χ4v) is 3.70. The van der Waals surface area contributed by atoms with Gasteiger partial charge in [0.15, 0.2) is 11.4 Å². The number of benzene rings is 1. The van der Waals surface area contributed by atoms with Gasteiger partial charge in [-0.15, -0.1) is 0 Å². The molecule has 3 aromatic heterocycles. The number of nitrogens with zero attached hydrogens (tertiary/aromatic N) is 3. The van der Waals surface area contributed by atoms with E-state index in [1.807, 2.05) is 27.0 Å². The van der Waals surface area contributed by atoms with E-state index >= 15 is 0 Å². The third-order valence-corrected chi connectivity index (χ3v) is 4.98. The number of hydrogen-bond donors (Lipinski definition) is 3. The van der Waals surface area contributed by atoms with Gasteiger partial charge in [-0.25, -0.2) is 9.97 Å². The highest BCUT2D eigenvalue weighted by atomic mass is 32.1. The summed E-state index contributed by atoms with van der Waals surface area (Å²) >= 11 is 1.53. The number of hydrogen-bond acceptors (Lipinski definition) is 7. The van der Waals surface area contributed by atoms with E-state index in [1.165, 1.54) is 16.9 Å². The van der Waals surface area contributed by atoms with Crippen LogP contribution in [-0.4, -0.2) is 39.7 Å². The molecule has 0 unspecified atom stereocenters. The van der Waals surface area contributed by atoms with Crippen LogP contribution >= 0.6 is 11.3 Å². The van der Waals surface area contributed by atoms with Crippen LogP contribution in [0.5, 0.6) is 0 Å². The van der Waals surface area contributed by atoms with Crippen LogP contribution in [0.4, 0.5) is 5.13 Å². The maximum absolute atomic E-state index is 11.9. The molecular formula is C21H24N6O2S. The molecule has 1 amide bonds. The van der Waals surface area contributed by atoms with Crippen molar-refractivity contribution in [3.05, 3.63) is 59.5 Å². The number of imidazole rings is 1. The second-order valence-electron chi connectivity index (χ2n) is 6.95. The highest BCUT2D eigenvalue weighted by Gasteiger charge is 2.13. The van der Waals surface area contributed by atoms with Crippen molar-refractivity contribution in [1.82, 2.24) is 25.0 Å². The van der Waals surface area contributed by atoms with Gasteiger partial charge in [-0.05, 0) is 50.7 Å². The summed E-state index contributed by atoms with van der Waals surface area (Å²) in [6.45, 7) is 4.66. The van der Waals surface area contributed by atoms with Crippen LogP contribution in [0, 0.1) is 0 Å². The largest absolute Gasteiger partial charge is 0.375 e. The molecule has 156 valence electrons. The van der Waals surface area contributed by atoms with Gasteiger partial charge in [-0.2, -0.15) is 0 Å². The monoisotopic (exact) mass is 424 g/mol. The van der Waals surface area contributed by atoms with Crippen LogP contribution in [-0.2, 0) is 6.54 Å². The first kappa shape index (κ1) is 21.4. The lowest BCUT2D eigenvalue weighted by Crippen LogP contribution is -2.30. The second-order valence-corrected chi connectivity index (χ2v) is 8.01. The van der Waals surface area contributed by atoms with Crippen molar-refractivity contribution in [2.24, 2.45) is 0 Å². The minimum atomic E-state index is -0.186. The number of aromatic nitrogens is 3. The smallest absolute Gasteiger partial charge is 0.255 e. The molecule has 3 heterocycles. The van der Waals surface area contributed by atoms with Crippen LogP contribution in [0.1, 0.15) is 40.3 Å². The summed E-state index contributed by atoms with van der Waals surface area (Å²) in [5, 5.41) is 6.54. The molecule has 0 aliphatic carbocycles. The minimum absolute atomic E-state index is 0.0586. The molecule has 0 saturated heterocycles. The number of carbonyl (C=O) groups excluding carboxylic acids is 2. The molecule has 0 fully saturated rings. The number of nitrogen functional groups attached to an aromatic ring is 1. The number of carbonyl (C=O) groups is 2. The third-order valence-electron chi connectivity index (χ3n) is 4.14. The lowest BCUT2D eigenvalue weighted by molar-refractivity contribution is 0.0943. The van der Waals surface area contributed by atoms with Crippen LogP contribution < -0.4 is 16.4 Å². The van der Waals surface area contributed by atoms with Crippen molar-refractivity contribution in [3.8, 4) is 0 Å². The van der Waals surface area contributed by atoms with E-state index < -0.39 is 0 Å².